The molecule has 0 bridgehead atoms. The van der Waals surface area contributed by atoms with Crippen molar-refractivity contribution in [3.05, 3.63) is 23.8 Å². The molecule has 1 aromatic carbocycles. The van der Waals surface area contributed by atoms with Crippen LogP contribution < -0.4 is 16.0 Å². The van der Waals surface area contributed by atoms with E-state index in [0.29, 0.717) is 25.4 Å². The highest BCUT2D eigenvalue weighted by molar-refractivity contribution is 6.00. The first-order valence-electron chi connectivity index (χ1n) is 11.2. The Labute approximate surface area is 185 Å². The van der Waals surface area contributed by atoms with Gasteiger partial charge in [-0.05, 0) is 62.1 Å². The Morgan fingerprint density at radius 2 is 1.90 bits per heavy atom. The fourth-order valence-electron chi connectivity index (χ4n) is 5.06. The fraction of sp³-hybridized carbons (Fsp3) is 0.652. The Balaban J connectivity index is 0.00000256. The summed E-state index contributed by atoms with van der Waals surface area (Å²) >= 11 is 0. The first-order valence-corrected chi connectivity index (χ1v) is 11.2. The summed E-state index contributed by atoms with van der Waals surface area (Å²) in [5.41, 5.74) is 8.53. The van der Waals surface area contributed by atoms with Crippen molar-refractivity contribution in [2.45, 2.75) is 76.4 Å². The molecule has 2 fully saturated rings. The first-order chi connectivity index (χ1) is 14.2. The summed E-state index contributed by atoms with van der Waals surface area (Å²) in [6, 6.07) is 5.87. The van der Waals surface area contributed by atoms with E-state index in [4.69, 9.17) is 10.5 Å². The summed E-state index contributed by atoms with van der Waals surface area (Å²) in [5, 5.41) is 3.14. The van der Waals surface area contributed by atoms with Crippen molar-refractivity contribution in [1.29, 1.82) is 0 Å². The third-order valence-electron chi connectivity index (χ3n) is 6.64. The standard InChI is InChI=1S/C23H33N3O3.ClH/c24-15-17-11-12-21(29-17)23(28)26-13-5-8-18-19(9-4-10-20(18)26)25-22(27)14-16-6-2-1-3-7-16;/h4,9-10,16-17,21H,1-3,5-8,11-15,24H2,(H,25,27);1H/t17-,21+;/m1./s1. The number of carbonyl (C=O) groups is 2. The van der Waals surface area contributed by atoms with Crippen molar-refractivity contribution < 1.29 is 14.3 Å². The van der Waals surface area contributed by atoms with E-state index < -0.39 is 6.10 Å². The maximum atomic E-state index is 13.1. The first kappa shape index (κ1) is 23.0. The topological polar surface area (TPSA) is 84.7 Å². The van der Waals surface area contributed by atoms with Gasteiger partial charge >= 0.3 is 0 Å². The summed E-state index contributed by atoms with van der Waals surface area (Å²) in [4.78, 5) is 27.6. The smallest absolute Gasteiger partial charge is 0.256 e. The molecule has 1 aromatic rings. The zero-order valence-corrected chi connectivity index (χ0v) is 18.4. The normalized spacial score (nSPS) is 24.1. The lowest BCUT2D eigenvalue weighted by Gasteiger charge is -2.32. The second kappa shape index (κ2) is 10.6. The van der Waals surface area contributed by atoms with Crippen LogP contribution in [0.3, 0.4) is 0 Å². The highest BCUT2D eigenvalue weighted by atomic mass is 35.5. The minimum absolute atomic E-state index is 0. The SMILES string of the molecule is Cl.NC[C@H]1CC[C@@H](C(=O)N2CCCc3c(NC(=O)CC4CCCCC4)cccc32)O1. The third-order valence-corrected chi connectivity index (χ3v) is 6.64. The van der Waals surface area contributed by atoms with Gasteiger partial charge in [-0.15, -0.1) is 12.4 Å². The maximum absolute atomic E-state index is 13.1. The minimum Gasteiger partial charge on any atom is -0.364 e. The summed E-state index contributed by atoms with van der Waals surface area (Å²) < 4.78 is 5.83. The summed E-state index contributed by atoms with van der Waals surface area (Å²) in [7, 11) is 0. The quantitative estimate of drug-likeness (QED) is 0.736. The predicted molar refractivity (Wildman–Crippen MR) is 121 cm³/mol. The van der Waals surface area contributed by atoms with Gasteiger partial charge in [0.05, 0.1) is 6.10 Å². The third kappa shape index (κ3) is 5.16. The molecule has 2 heterocycles. The molecule has 0 spiro atoms. The molecule has 1 saturated carbocycles. The van der Waals surface area contributed by atoms with Crippen molar-refractivity contribution in [1.82, 2.24) is 0 Å². The average Bonchev–Trinajstić information content (AvgIpc) is 3.23. The van der Waals surface area contributed by atoms with Gasteiger partial charge in [0.1, 0.15) is 6.10 Å². The fourth-order valence-corrected chi connectivity index (χ4v) is 5.06. The van der Waals surface area contributed by atoms with Gasteiger partial charge in [0.15, 0.2) is 0 Å². The van der Waals surface area contributed by atoms with Crippen LogP contribution in [0.15, 0.2) is 18.2 Å². The van der Waals surface area contributed by atoms with Gasteiger partial charge in [0.25, 0.3) is 5.91 Å². The molecule has 30 heavy (non-hydrogen) atoms. The van der Waals surface area contributed by atoms with Gasteiger partial charge in [0.2, 0.25) is 5.91 Å². The highest BCUT2D eigenvalue weighted by Gasteiger charge is 2.35. The van der Waals surface area contributed by atoms with Crippen LogP contribution in [0.1, 0.15) is 63.4 Å². The molecule has 1 aliphatic carbocycles. The molecule has 7 heteroatoms. The van der Waals surface area contributed by atoms with E-state index in [1.54, 1.807) is 0 Å². The number of rotatable bonds is 5. The maximum Gasteiger partial charge on any atom is 0.256 e. The Morgan fingerprint density at radius 1 is 1.10 bits per heavy atom. The Morgan fingerprint density at radius 3 is 2.63 bits per heavy atom. The number of anilines is 2. The average molecular weight is 436 g/mol. The lowest BCUT2D eigenvalue weighted by molar-refractivity contribution is -0.129. The van der Waals surface area contributed by atoms with Crippen molar-refractivity contribution >= 4 is 35.6 Å². The number of halogens is 1. The molecule has 1 saturated heterocycles. The molecule has 0 aromatic heterocycles. The van der Waals surface area contributed by atoms with Crippen molar-refractivity contribution in [3.8, 4) is 0 Å². The van der Waals surface area contributed by atoms with E-state index in [2.05, 4.69) is 5.32 Å². The van der Waals surface area contributed by atoms with E-state index in [0.717, 1.165) is 55.5 Å². The summed E-state index contributed by atoms with van der Waals surface area (Å²) in [6.07, 6.45) is 9.60. The number of ether oxygens (including phenoxy) is 1. The molecular formula is C23H34ClN3O3. The Bertz CT molecular complexity index is 751. The van der Waals surface area contributed by atoms with E-state index in [-0.39, 0.29) is 30.3 Å². The molecule has 0 radical (unpaired) electrons. The van der Waals surface area contributed by atoms with Gasteiger partial charge in [-0.3, -0.25) is 9.59 Å². The number of carbonyl (C=O) groups excluding carboxylic acids is 2. The second-order valence-corrected chi connectivity index (χ2v) is 8.71. The van der Waals surface area contributed by atoms with Crippen LogP contribution in [0.25, 0.3) is 0 Å². The lowest BCUT2D eigenvalue weighted by Crippen LogP contribution is -2.42. The predicted octanol–water partition coefficient (Wildman–Crippen LogP) is 3.80. The van der Waals surface area contributed by atoms with Crippen LogP contribution in [0.5, 0.6) is 0 Å². The monoisotopic (exact) mass is 435 g/mol. The molecule has 2 aliphatic heterocycles. The minimum atomic E-state index is -0.404. The number of benzene rings is 1. The molecule has 3 N–H and O–H groups in total. The molecule has 0 unspecified atom stereocenters. The van der Waals surface area contributed by atoms with Crippen molar-refractivity contribution in [3.63, 3.8) is 0 Å². The van der Waals surface area contributed by atoms with E-state index >= 15 is 0 Å². The summed E-state index contributed by atoms with van der Waals surface area (Å²) in [6.45, 7) is 1.15. The van der Waals surface area contributed by atoms with Crippen molar-refractivity contribution in [2.24, 2.45) is 11.7 Å². The number of nitrogens with one attached hydrogen (secondary N) is 1. The molecular weight excluding hydrogens is 402 g/mol. The number of nitrogens with two attached hydrogens (primary N) is 1. The van der Waals surface area contributed by atoms with Crippen LogP contribution >= 0.6 is 12.4 Å². The molecule has 3 aliphatic rings. The van der Waals surface area contributed by atoms with Crippen LogP contribution in [-0.2, 0) is 20.7 Å². The zero-order chi connectivity index (χ0) is 20.2. The Kier molecular flexibility index (Phi) is 8.14. The highest BCUT2D eigenvalue weighted by Crippen LogP contribution is 2.35. The van der Waals surface area contributed by atoms with E-state index in [9.17, 15) is 9.59 Å². The molecule has 166 valence electrons. The number of hydrogen-bond donors (Lipinski definition) is 2. The number of nitrogens with zero attached hydrogens (tertiary/aromatic N) is 1. The van der Waals surface area contributed by atoms with Gasteiger partial charge < -0.3 is 20.7 Å². The number of amides is 2. The van der Waals surface area contributed by atoms with Crippen LogP contribution in [0, 0.1) is 5.92 Å². The van der Waals surface area contributed by atoms with E-state index in [1.807, 2.05) is 23.1 Å². The lowest BCUT2D eigenvalue weighted by atomic mass is 9.87. The van der Waals surface area contributed by atoms with Gasteiger partial charge in [-0.2, -0.15) is 0 Å². The number of fused-ring (bicyclic) bond motifs is 1. The van der Waals surface area contributed by atoms with Crippen LogP contribution in [-0.4, -0.2) is 37.1 Å². The second-order valence-electron chi connectivity index (χ2n) is 8.71. The number of hydrogen-bond acceptors (Lipinski definition) is 4. The molecule has 4 rings (SSSR count). The van der Waals surface area contributed by atoms with Gasteiger partial charge in [-0.1, -0.05) is 25.3 Å². The largest absolute Gasteiger partial charge is 0.364 e. The zero-order valence-electron chi connectivity index (χ0n) is 17.6. The van der Waals surface area contributed by atoms with Crippen molar-refractivity contribution in [2.75, 3.05) is 23.3 Å². The van der Waals surface area contributed by atoms with E-state index in [1.165, 1.54) is 19.3 Å². The summed E-state index contributed by atoms with van der Waals surface area (Å²) in [5.74, 6) is 0.627. The molecule has 2 amide bonds. The molecule has 2 atom stereocenters. The Hall–Kier alpha value is -1.63. The van der Waals surface area contributed by atoms with Crippen LogP contribution in [0.4, 0.5) is 11.4 Å². The van der Waals surface area contributed by atoms with Gasteiger partial charge in [-0.25, -0.2) is 0 Å². The van der Waals surface area contributed by atoms with Crippen LogP contribution in [0.2, 0.25) is 0 Å². The van der Waals surface area contributed by atoms with Gasteiger partial charge in [0, 0.05) is 30.9 Å². The molecule has 6 nitrogen and oxygen atoms in total.